The third-order valence-electron chi connectivity index (χ3n) is 3.39. The second-order valence-corrected chi connectivity index (χ2v) is 5.70. The number of benzene rings is 2. The zero-order valence-corrected chi connectivity index (χ0v) is 13.7. The molecule has 1 amide bonds. The molecule has 0 aliphatic rings. The van der Waals surface area contributed by atoms with Crippen molar-refractivity contribution < 1.29 is 14.6 Å². The molecule has 122 valence electrons. The van der Waals surface area contributed by atoms with Crippen molar-refractivity contribution in [1.29, 1.82) is 0 Å². The molecule has 0 unspecified atom stereocenters. The topological polar surface area (TPSA) is 58.6 Å². The number of aliphatic hydroxyl groups excluding tert-OH is 1. The van der Waals surface area contributed by atoms with Crippen molar-refractivity contribution in [1.82, 2.24) is 5.32 Å². The highest BCUT2D eigenvalue weighted by atomic mass is 35.5. The van der Waals surface area contributed by atoms with Gasteiger partial charge in [-0.3, -0.25) is 4.79 Å². The van der Waals surface area contributed by atoms with Gasteiger partial charge in [0.05, 0.1) is 18.8 Å². The average Bonchev–Trinajstić information content (AvgIpc) is 2.58. The van der Waals surface area contributed by atoms with Crippen molar-refractivity contribution in [3.05, 3.63) is 70.7 Å². The lowest BCUT2D eigenvalue weighted by Crippen LogP contribution is -2.34. The van der Waals surface area contributed by atoms with Gasteiger partial charge in [-0.2, -0.15) is 0 Å². The highest BCUT2D eigenvalue weighted by molar-refractivity contribution is 6.30. The SMILES string of the molecule is C[C@H](OC[C@@H](O)CNC(=O)c1cccc(Cl)c1)c1ccccc1. The Hall–Kier alpha value is -1.88. The Morgan fingerprint density at radius 3 is 2.65 bits per heavy atom. The fraction of sp³-hybridized carbons (Fsp3) is 0.278. The summed E-state index contributed by atoms with van der Waals surface area (Å²) in [6.45, 7) is 2.19. The molecule has 0 radical (unpaired) electrons. The predicted molar refractivity (Wildman–Crippen MR) is 90.6 cm³/mol. The molecule has 0 heterocycles. The van der Waals surface area contributed by atoms with E-state index in [1.165, 1.54) is 0 Å². The van der Waals surface area contributed by atoms with Crippen LogP contribution in [0, 0.1) is 0 Å². The van der Waals surface area contributed by atoms with Crippen LogP contribution in [0.5, 0.6) is 0 Å². The van der Waals surface area contributed by atoms with E-state index in [1.54, 1.807) is 24.3 Å². The minimum absolute atomic E-state index is 0.116. The Morgan fingerprint density at radius 2 is 1.96 bits per heavy atom. The summed E-state index contributed by atoms with van der Waals surface area (Å²) in [5.41, 5.74) is 1.51. The fourth-order valence-electron chi connectivity index (χ4n) is 2.08. The quantitative estimate of drug-likeness (QED) is 0.818. The van der Waals surface area contributed by atoms with Crippen LogP contribution in [0.25, 0.3) is 0 Å². The number of amides is 1. The first kappa shape index (κ1) is 17.5. The molecular formula is C18H20ClNO3. The normalized spacial score (nSPS) is 13.3. The van der Waals surface area contributed by atoms with Gasteiger partial charge in [-0.15, -0.1) is 0 Å². The number of rotatable bonds is 7. The minimum atomic E-state index is -0.774. The number of carbonyl (C=O) groups excluding carboxylic acids is 1. The number of aliphatic hydroxyl groups is 1. The smallest absolute Gasteiger partial charge is 0.251 e. The summed E-state index contributed by atoms with van der Waals surface area (Å²) < 4.78 is 5.62. The Morgan fingerprint density at radius 1 is 1.22 bits per heavy atom. The van der Waals surface area contributed by atoms with Gasteiger partial charge in [0.15, 0.2) is 0 Å². The van der Waals surface area contributed by atoms with Crippen molar-refractivity contribution in [2.24, 2.45) is 0 Å². The standard InChI is InChI=1S/C18H20ClNO3/c1-13(14-6-3-2-4-7-14)23-12-17(21)11-20-18(22)15-8-5-9-16(19)10-15/h2-10,13,17,21H,11-12H2,1H3,(H,20,22)/t13-,17-/m0/s1. The zero-order chi connectivity index (χ0) is 16.7. The van der Waals surface area contributed by atoms with Crippen LogP contribution in [0.3, 0.4) is 0 Å². The molecule has 0 aliphatic heterocycles. The molecule has 5 heteroatoms. The van der Waals surface area contributed by atoms with E-state index < -0.39 is 6.10 Å². The van der Waals surface area contributed by atoms with Crippen molar-refractivity contribution in [3.8, 4) is 0 Å². The van der Waals surface area contributed by atoms with Gasteiger partial charge in [-0.1, -0.05) is 48.0 Å². The van der Waals surface area contributed by atoms with Crippen LogP contribution in [0.4, 0.5) is 0 Å². The van der Waals surface area contributed by atoms with Crippen molar-refractivity contribution >= 4 is 17.5 Å². The van der Waals surface area contributed by atoms with Gasteiger partial charge in [-0.25, -0.2) is 0 Å². The van der Waals surface area contributed by atoms with E-state index in [0.29, 0.717) is 10.6 Å². The van der Waals surface area contributed by atoms with Crippen molar-refractivity contribution in [2.75, 3.05) is 13.2 Å². The molecule has 0 aromatic heterocycles. The lowest BCUT2D eigenvalue weighted by molar-refractivity contribution is -0.00171. The first-order valence-electron chi connectivity index (χ1n) is 7.44. The summed E-state index contributed by atoms with van der Waals surface area (Å²) in [7, 11) is 0. The molecule has 0 saturated heterocycles. The Kier molecular flexibility index (Phi) is 6.59. The maximum Gasteiger partial charge on any atom is 0.251 e. The molecule has 0 saturated carbocycles. The Balaban J connectivity index is 1.75. The van der Waals surface area contributed by atoms with E-state index in [4.69, 9.17) is 16.3 Å². The molecule has 2 aromatic carbocycles. The van der Waals surface area contributed by atoms with Gasteiger partial charge in [0, 0.05) is 17.1 Å². The summed E-state index contributed by atoms with van der Waals surface area (Å²) in [5.74, 6) is -0.275. The molecule has 2 N–H and O–H groups in total. The summed E-state index contributed by atoms with van der Waals surface area (Å²) in [6, 6.07) is 16.4. The highest BCUT2D eigenvalue weighted by Crippen LogP contribution is 2.16. The van der Waals surface area contributed by atoms with Crippen LogP contribution < -0.4 is 5.32 Å². The van der Waals surface area contributed by atoms with Gasteiger partial charge < -0.3 is 15.2 Å². The molecular weight excluding hydrogens is 314 g/mol. The first-order chi connectivity index (χ1) is 11.1. The average molecular weight is 334 g/mol. The molecule has 4 nitrogen and oxygen atoms in total. The number of halogens is 1. The number of nitrogens with one attached hydrogen (secondary N) is 1. The summed E-state index contributed by atoms with van der Waals surface area (Å²) >= 11 is 5.85. The first-order valence-corrected chi connectivity index (χ1v) is 7.82. The molecule has 2 atom stereocenters. The van der Waals surface area contributed by atoms with Crippen molar-refractivity contribution in [3.63, 3.8) is 0 Å². The van der Waals surface area contributed by atoms with E-state index in [9.17, 15) is 9.90 Å². The van der Waals surface area contributed by atoms with E-state index in [2.05, 4.69) is 5.32 Å². The maximum absolute atomic E-state index is 11.9. The molecule has 23 heavy (non-hydrogen) atoms. The van der Waals surface area contributed by atoms with E-state index in [1.807, 2.05) is 37.3 Å². The largest absolute Gasteiger partial charge is 0.389 e. The predicted octanol–water partition coefficient (Wildman–Crippen LogP) is 3.21. The zero-order valence-electron chi connectivity index (χ0n) is 12.9. The molecule has 2 aromatic rings. The number of hydrogen-bond donors (Lipinski definition) is 2. The van der Waals surface area contributed by atoms with Crippen LogP contribution in [0.15, 0.2) is 54.6 Å². The van der Waals surface area contributed by atoms with Gasteiger partial charge in [-0.05, 0) is 30.7 Å². The molecule has 2 rings (SSSR count). The summed E-state index contributed by atoms with van der Waals surface area (Å²) in [5, 5.41) is 13.1. The van der Waals surface area contributed by atoms with Crippen LogP contribution in [-0.4, -0.2) is 30.3 Å². The third-order valence-corrected chi connectivity index (χ3v) is 3.63. The monoisotopic (exact) mass is 333 g/mol. The van der Waals surface area contributed by atoms with Gasteiger partial charge in [0.25, 0.3) is 5.91 Å². The van der Waals surface area contributed by atoms with Crippen LogP contribution >= 0.6 is 11.6 Å². The highest BCUT2D eigenvalue weighted by Gasteiger charge is 2.12. The maximum atomic E-state index is 11.9. The van der Waals surface area contributed by atoms with Gasteiger partial charge in [0.1, 0.15) is 0 Å². The summed E-state index contributed by atoms with van der Waals surface area (Å²) in [4.78, 5) is 11.9. The lowest BCUT2D eigenvalue weighted by Gasteiger charge is -2.17. The summed E-state index contributed by atoms with van der Waals surface area (Å²) in [6.07, 6.45) is -0.890. The van der Waals surface area contributed by atoms with E-state index >= 15 is 0 Å². The third kappa shape index (κ3) is 5.67. The molecule has 0 fully saturated rings. The van der Waals surface area contributed by atoms with Crippen molar-refractivity contribution in [2.45, 2.75) is 19.1 Å². The second-order valence-electron chi connectivity index (χ2n) is 5.26. The second kappa shape index (κ2) is 8.67. The number of ether oxygens (including phenoxy) is 1. The lowest BCUT2D eigenvalue weighted by atomic mass is 10.1. The van der Waals surface area contributed by atoms with E-state index in [-0.39, 0.29) is 25.2 Å². The minimum Gasteiger partial charge on any atom is -0.389 e. The number of carbonyl (C=O) groups is 1. The van der Waals surface area contributed by atoms with Crippen LogP contribution in [-0.2, 0) is 4.74 Å². The van der Waals surface area contributed by atoms with E-state index in [0.717, 1.165) is 5.56 Å². The Bertz CT molecular complexity index is 633. The Labute approximate surface area is 141 Å². The van der Waals surface area contributed by atoms with Crippen LogP contribution in [0.1, 0.15) is 28.9 Å². The van der Waals surface area contributed by atoms with Gasteiger partial charge >= 0.3 is 0 Å². The fourth-order valence-corrected chi connectivity index (χ4v) is 2.27. The molecule has 0 spiro atoms. The van der Waals surface area contributed by atoms with Crippen LogP contribution in [0.2, 0.25) is 5.02 Å². The molecule has 0 bridgehead atoms. The number of hydrogen-bond acceptors (Lipinski definition) is 3. The van der Waals surface area contributed by atoms with Gasteiger partial charge in [0.2, 0.25) is 0 Å². The molecule has 0 aliphatic carbocycles.